The van der Waals surface area contributed by atoms with Gasteiger partial charge in [-0.15, -0.1) is 0 Å². The fourth-order valence-electron chi connectivity index (χ4n) is 1.62. The number of hydrogen-bond acceptors (Lipinski definition) is 4. The second-order valence-electron chi connectivity index (χ2n) is 4.15. The summed E-state index contributed by atoms with van der Waals surface area (Å²) in [6, 6.07) is 7.35. The number of hydrogen-bond donors (Lipinski definition) is 3. The molecule has 0 unspecified atom stereocenters. The number of anilines is 1. The first kappa shape index (κ1) is 14.3. The molecule has 3 N–H and O–H groups in total. The summed E-state index contributed by atoms with van der Waals surface area (Å²) in [7, 11) is 0. The minimum absolute atomic E-state index is 0.223. The zero-order valence-corrected chi connectivity index (χ0v) is 10.9. The first-order chi connectivity index (χ1) is 10.1. The van der Waals surface area contributed by atoms with E-state index >= 15 is 0 Å². The molecule has 0 aliphatic heterocycles. The van der Waals surface area contributed by atoms with Gasteiger partial charge in [0.2, 0.25) is 5.91 Å². The number of carbonyl (C=O) groups excluding carboxylic acids is 1. The van der Waals surface area contributed by atoms with Crippen molar-refractivity contribution in [2.24, 2.45) is 0 Å². The SMILES string of the molecule is O=C(/C=C/c1cccnc1)Nc1ccc(C(=O)O)c(O)c1. The number of aromatic hydroxyl groups is 1. The van der Waals surface area contributed by atoms with Gasteiger partial charge in [-0.3, -0.25) is 9.78 Å². The first-order valence-corrected chi connectivity index (χ1v) is 6.01. The number of carbonyl (C=O) groups is 2. The van der Waals surface area contributed by atoms with Crippen molar-refractivity contribution in [1.82, 2.24) is 4.98 Å². The van der Waals surface area contributed by atoms with Crippen molar-refractivity contribution in [3.05, 3.63) is 59.9 Å². The van der Waals surface area contributed by atoms with E-state index in [0.29, 0.717) is 5.69 Å². The van der Waals surface area contributed by atoms with Crippen LogP contribution in [0.25, 0.3) is 6.08 Å². The number of rotatable bonds is 4. The number of aromatic nitrogens is 1. The number of nitrogens with one attached hydrogen (secondary N) is 1. The monoisotopic (exact) mass is 284 g/mol. The molecule has 2 aromatic rings. The summed E-state index contributed by atoms with van der Waals surface area (Å²) in [5.74, 6) is -2.04. The number of benzene rings is 1. The van der Waals surface area contributed by atoms with E-state index in [0.717, 1.165) is 5.56 Å². The molecule has 21 heavy (non-hydrogen) atoms. The zero-order chi connectivity index (χ0) is 15.2. The molecule has 0 atom stereocenters. The van der Waals surface area contributed by atoms with Gasteiger partial charge in [-0.1, -0.05) is 6.07 Å². The summed E-state index contributed by atoms with van der Waals surface area (Å²) in [5.41, 5.74) is 0.856. The molecule has 1 heterocycles. The minimum Gasteiger partial charge on any atom is -0.507 e. The standard InChI is InChI=1S/C15H12N2O4/c18-13-8-11(4-5-12(13)15(20)21)17-14(19)6-3-10-2-1-7-16-9-10/h1-9,18H,(H,17,19)(H,20,21)/b6-3+. The molecule has 1 aromatic carbocycles. The van der Waals surface area contributed by atoms with Crippen LogP contribution in [-0.4, -0.2) is 27.1 Å². The maximum Gasteiger partial charge on any atom is 0.339 e. The molecule has 6 heteroatoms. The molecular weight excluding hydrogens is 272 g/mol. The molecule has 0 fully saturated rings. The van der Waals surface area contributed by atoms with Crippen molar-refractivity contribution < 1.29 is 19.8 Å². The quantitative estimate of drug-likeness (QED) is 0.747. The average Bonchev–Trinajstić information content (AvgIpc) is 2.46. The third-order valence-corrected chi connectivity index (χ3v) is 2.61. The predicted molar refractivity (Wildman–Crippen MR) is 77.0 cm³/mol. The Kier molecular flexibility index (Phi) is 4.30. The van der Waals surface area contributed by atoms with Crippen LogP contribution in [0.15, 0.2) is 48.8 Å². The third-order valence-electron chi connectivity index (χ3n) is 2.61. The molecule has 0 saturated heterocycles. The van der Waals surface area contributed by atoms with E-state index in [1.165, 1.54) is 24.3 Å². The summed E-state index contributed by atoms with van der Waals surface area (Å²) in [4.78, 5) is 26.4. The number of phenols is 1. The highest BCUT2D eigenvalue weighted by Crippen LogP contribution is 2.21. The van der Waals surface area contributed by atoms with Gasteiger partial charge >= 0.3 is 5.97 Å². The topological polar surface area (TPSA) is 99.5 Å². The molecule has 0 spiro atoms. The zero-order valence-electron chi connectivity index (χ0n) is 10.9. The van der Waals surface area contributed by atoms with Gasteiger partial charge in [-0.05, 0) is 29.8 Å². The molecule has 0 radical (unpaired) electrons. The van der Waals surface area contributed by atoms with Crippen LogP contribution < -0.4 is 5.32 Å². The van der Waals surface area contributed by atoms with Crippen molar-refractivity contribution >= 4 is 23.6 Å². The summed E-state index contributed by atoms with van der Waals surface area (Å²) >= 11 is 0. The number of amides is 1. The Balaban J connectivity index is 2.05. The molecule has 6 nitrogen and oxygen atoms in total. The molecule has 0 saturated carbocycles. The number of nitrogens with zero attached hydrogens (tertiary/aromatic N) is 1. The van der Waals surface area contributed by atoms with Gasteiger partial charge in [-0.25, -0.2) is 4.79 Å². The smallest absolute Gasteiger partial charge is 0.339 e. The predicted octanol–water partition coefficient (Wildman–Crippen LogP) is 2.14. The van der Waals surface area contributed by atoms with E-state index in [4.69, 9.17) is 5.11 Å². The average molecular weight is 284 g/mol. The van der Waals surface area contributed by atoms with Crippen LogP contribution in [-0.2, 0) is 4.79 Å². The third kappa shape index (κ3) is 3.90. The molecule has 0 bridgehead atoms. The van der Waals surface area contributed by atoms with Crippen molar-refractivity contribution in [3.8, 4) is 5.75 Å². The Hall–Kier alpha value is -3.15. The van der Waals surface area contributed by atoms with Crippen LogP contribution in [0.3, 0.4) is 0 Å². The Morgan fingerprint density at radius 1 is 1.24 bits per heavy atom. The number of aromatic carboxylic acids is 1. The number of carboxylic acid groups (broad SMARTS) is 1. The highest BCUT2D eigenvalue weighted by molar-refractivity contribution is 6.02. The highest BCUT2D eigenvalue weighted by atomic mass is 16.4. The molecule has 1 aromatic heterocycles. The van der Waals surface area contributed by atoms with Crippen molar-refractivity contribution in [3.63, 3.8) is 0 Å². The molecule has 106 valence electrons. The van der Waals surface area contributed by atoms with Gasteiger partial charge in [0.25, 0.3) is 0 Å². The molecule has 2 rings (SSSR count). The number of pyridine rings is 1. The van der Waals surface area contributed by atoms with Crippen LogP contribution in [0.2, 0.25) is 0 Å². The first-order valence-electron chi connectivity index (χ1n) is 6.01. The summed E-state index contributed by atoms with van der Waals surface area (Å²) in [6.45, 7) is 0. The minimum atomic E-state index is -1.23. The van der Waals surface area contributed by atoms with Crippen molar-refractivity contribution in [2.75, 3.05) is 5.32 Å². The lowest BCUT2D eigenvalue weighted by molar-refractivity contribution is -0.111. The van der Waals surface area contributed by atoms with Gasteiger partial charge < -0.3 is 15.5 Å². The second kappa shape index (κ2) is 6.33. The Morgan fingerprint density at radius 3 is 2.67 bits per heavy atom. The summed E-state index contributed by atoms with van der Waals surface area (Å²) in [6.07, 6.45) is 6.15. The van der Waals surface area contributed by atoms with Crippen LogP contribution in [0.1, 0.15) is 15.9 Å². The lowest BCUT2D eigenvalue weighted by Gasteiger charge is -2.04. The van der Waals surface area contributed by atoms with Crippen LogP contribution in [0.5, 0.6) is 5.75 Å². The van der Waals surface area contributed by atoms with Crippen molar-refractivity contribution in [2.45, 2.75) is 0 Å². The molecule has 1 amide bonds. The van der Waals surface area contributed by atoms with Gasteiger partial charge in [0, 0.05) is 30.2 Å². The van der Waals surface area contributed by atoms with Gasteiger partial charge in [-0.2, -0.15) is 0 Å². The normalized spacial score (nSPS) is 10.5. The summed E-state index contributed by atoms with van der Waals surface area (Å²) in [5, 5.41) is 20.8. The Bertz CT molecular complexity index is 696. The van der Waals surface area contributed by atoms with E-state index in [-0.39, 0.29) is 5.56 Å². The van der Waals surface area contributed by atoms with E-state index in [1.807, 2.05) is 0 Å². The fourth-order valence-corrected chi connectivity index (χ4v) is 1.62. The van der Waals surface area contributed by atoms with Crippen LogP contribution in [0.4, 0.5) is 5.69 Å². The molecule has 0 aliphatic carbocycles. The van der Waals surface area contributed by atoms with Crippen LogP contribution >= 0.6 is 0 Å². The van der Waals surface area contributed by atoms with Gasteiger partial charge in [0.05, 0.1) is 0 Å². The molecular formula is C15H12N2O4. The Morgan fingerprint density at radius 2 is 2.05 bits per heavy atom. The van der Waals surface area contributed by atoms with E-state index in [1.54, 1.807) is 30.6 Å². The largest absolute Gasteiger partial charge is 0.507 e. The van der Waals surface area contributed by atoms with E-state index in [2.05, 4.69) is 10.3 Å². The fraction of sp³-hybridized carbons (Fsp3) is 0. The van der Waals surface area contributed by atoms with Crippen molar-refractivity contribution in [1.29, 1.82) is 0 Å². The maximum atomic E-state index is 11.7. The number of carboxylic acids is 1. The summed E-state index contributed by atoms with van der Waals surface area (Å²) < 4.78 is 0. The second-order valence-corrected chi connectivity index (χ2v) is 4.15. The highest BCUT2D eigenvalue weighted by Gasteiger charge is 2.10. The lowest BCUT2D eigenvalue weighted by Crippen LogP contribution is -2.08. The maximum absolute atomic E-state index is 11.7. The molecule has 0 aliphatic rings. The lowest BCUT2D eigenvalue weighted by atomic mass is 10.2. The van der Waals surface area contributed by atoms with Crippen LogP contribution in [0, 0.1) is 0 Å². The Labute approximate surface area is 120 Å². The van der Waals surface area contributed by atoms with Gasteiger partial charge in [0.1, 0.15) is 11.3 Å². The van der Waals surface area contributed by atoms with E-state index < -0.39 is 17.6 Å². The van der Waals surface area contributed by atoms with E-state index in [9.17, 15) is 14.7 Å². The van der Waals surface area contributed by atoms with Gasteiger partial charge in [0.15, 0.2) is 0 Å².